The fraction of sp³-hybridized carbons (Fsp3) is 0.741. The Morgan fingerprint density at radius 2 is 1.85 bits per heavy atom. The van der Waals surface area contributed by atoms with Crippen LogP contribution >= 0.6 is 0 Å². The van der Waals surface area contributed by atoms with Crippen molar-refractivity contribution >= 4 is 29.6 Å². The van der Waals surface area contributed by atoms with Crippen LogP contribution in [0.5, 0.6) is 0 Å². The number of carbonyl (C=O) groups is 5. The van der Waals surface area contributed by atoms with Crippen molar-refractivity contribution in [3.63, 3.8) is 0 Å². The number of hydrogen-bond acceptors (Lipinski definition) is 9. The molecule has 0 radical (unpaired) electrons. The highest BCUT2D eigenvalue weighted by Crippen LogP contribution is 2.21. The standard InChI is InChI=1S/C27H44N8O6/c1-6-16(2)22-25(38)29-19(27(40)41-5)10-7-8-12-34-15-18(32-33-34)14-20(30-23(36)17(3)28-4)26(39)35-13-9-11-21(35)24(37)31-22/h15-17,19-22,28H,6-14H2,1-5H3,(H,29,38)(H,30,36)(H,31,37). The second-order valence-electron chi connectivity index (χ2n) is 10.9. The zero-order valence-electron chi connectivity index (χ0n) is 24.6. The topological polar surface area (TPSA) is 177 Å². The lowest BCUT2D eigenvalue weighted by Crippen LogP contribution is -2.59. The molecule has 1 saturated heterocycles. The Labute approximate surface area is 240 Å². The maximum atomic E-state index is 13.8. The molecule has 3 rings (SSSR count). The van der Waals surface area contributed by atoms with E-state index in [0.29, 0.717) is 57.3 Å². The number of amides is 4. The molecule has 6 unspecified atom stereocenters. The second-order valence-corrected chi connectivity index (χ2v) is 10.9. The fourth-order valence-corrected chi connectivity index (χ4v) is 5.11. The molecule has 41 heavy (non-hydrogen) atoms. The minimum absolute atomic E-state index is 0.105. The van der Waals surface area contributed by atoms with Gasteiger partial charge in [0.15, 0.2) is 0 Å². The number of aryl methyl sites for hydroxylation is 1. The molecule has 1 aromatic heterocycles. The van der Waals surface area contributed by atoms with Crippen LogP contribution in [-0.4, -0.2) is 100 Å². The Balaban J connectivity index is 1.95. The van der Waals surface area contributed by atoms with E-state index in [1.54, 1.807) is 24.9 Å². The number of likely N-dealkylation sites (N-methyl/N-ethyl adjacent to an activating group) is 1. The lowest BCUT2D eigenvalue weighted by Gasteiger charge is -2.31. The van der Waals surface area contributed by atoms with Crippen molar-refractivity contribution < 1.29 is 28.7 Å². The molecule has 14 heteroatoms. The minimum Gasteiger partial charge on any atom is -0.467 e. The smallest absolute Gasteiger partial charge is 0.328 e. The first-order valence-electron chi connectivity index (χ1n) is 14.4. The van der Waals surface area contributed by atoms with Crippen molar-refractivity contribution in [1.29, 1.82) is 0 Å². The van der Waals surface area contributed by atoms with Crippen molar-refractivity contribution in [3.05, 3.63) is 11.9 Å². The van der Waals surface area contributed by atoms with E-state index < -0.39 is 53.9 Å². The summed E-state index contributed by atoms with van der Waals surface area (Å²) >= 11 is 0. The van der Waals surface area contributed by atoms with Gasteiger partial charge in [0, 0.05) is 25.7 Å². The van der Waals surface area contributed by atoms with Crippen LogP contribution < -0.4 is 21.3 Å². The average Bonchev–Trinajstić information content (AvgIpc) is 3.64. The van der Waals surface area contributed by atoms with E-state index >= 15 is 0 Å². The zero-order chi connectivity index (χ0) is 30.1. The van der Waals surface area contributed by atoms with E-state index in [1.807, 2.05) is 13.8 Å². The van der Waals surface area contributed by atoms with E-state index in [-0.39, 0.29) is 18.2 Å². The molecular formula is C27H44N8O6. The highest BCUT2D eigenvalue weighted by molar-refractivity contribution is 5.96. The van der Waals surface area contributed by atoms with Crippen molar-refractivity contribution in [3.8, 4) is 0 Å². The molecular weight excluding hydrogens is 532 g/mol. The molecule has 6 atom stereocenters. The number of rotatable bonds is 6. The molecule has 2 bridgehead atoms. The second kappa shape index (κ2) is 14.9. The summed E-state index contributed by atoms with van der Waals surface area (Å²) in [4.78, 5) is 67.5. The van der Waals surface area contributed by atoms with Crippen LogP contribution in [0.4, 0.5) is 0 Å². The highest BCUT2D eigenvalue weighted by atomic mass is 16.5. The summed E-state index contributed by atoms with van der Waals surface area (Å²) in [5, 5.41) is 19.7. The largest absolute Gasteiger partial charge is 0.467 e. The third-order valence-electron chi connectivity index (χ3n) is 8.00. The first-order valence-corrected chi connectivity index (χ1v) is 14.4. The summed E-state index contributed by atoms with van der Waals surface area (Å²) in [5.74, 6) is -2.47. The van der Waals surface area contributed by atoms with Crippen LogP contribution in [-0.2, 0) is 41.7 Å². The molecule has 2 aliphatic rings. The number of methoxy groups -OCH3 is 1. The number of aromatic nitrogens is 3. The number of nitrogens with one attached hydrogen (secondary N) is 4. The predicted octanol–water partition coefficient (Wildman–Crippen LogP) is -0.723. The number of nitrogens with zero attached hydrogens (tertiary/aromatic N) is 4. The maximum Gasteiger partial charge on any atom is 0.328 e. The van der Waals surface area contributed by atoms with Gasteiger partial charge < -0.3 is 30.9 Å². The molecule has 3 heterocycles. The van der Waals surface area contributed by atoms with Crippen molar-refractivity contribution in [1.82, 2.24) is 41.2 Å². The van der Waals surface area contributed by atoms with Gasteiger partial charge in [-0.1, -0.05) is 25.5 Å². The van der Waals surface area contributed by atoms with E-state index in [4.69, 9.17) is 4.74 Å². The Hall–Kier alpha value is -3.55. The Morgan fingerprint density at radius 3 is 2.54 bits per heavy atom. The van der Waals surface area contributed by atoms with Crippen LogP contribution in [0, 0.1) is 5.92 Å². The van der Waals surface area contributed by atoms with Gasteiger partial charge in [0.1, 0.15) is 24.2 Å². The number of esters is 1. The molecule has 0 spiro atoms. The summed E-state index contributed by atoms with van der Waals surface area (Å²) in [6.45, 7) is 6.29. The molecule has 2 aliphatic heterocycles. The van der Waals surface area contributed by atoms with Crippen molar-refractivity contribution in [2.45, 2.75) is 102 Å². The van der Waals surface area contributed by atoms with E-state index in [1.165, 1.54) is 12.0 Å². The highest BCUT2D eigenvalue weighted by Gasteiger charge is 2.40. The SMILES string of the molecule is CCC(C)C1NC(=O)C2CCCN2C(=O)C(NC(=O)C(C)NC)Cc2cn(nn2)CCCCC(C(=O)OC)NC1=O. The van der Waals surface area contributed by atoms with Crippen molar-refractivity contribution in [2.75, 3.05) is 20.7 Å². The van der Waals surface area contributed by atoms with Crippen LogP contribution in [0.1, 0.15) is 65.0 Å². The molecule has 228 valence electrons. The van der Waals surface area contributed by atoms with E-state index in [0.717, 1.165) is 0 Å². The molecule has 0 saturated carbocycles. The molecule has 1 aromatic rings. The summed E-state index contributed by atoms with van der Waals surface area (Å²) < 4.78 is 6.57. The van der Waals surface area contributed by atoms with Crippen LogP contribution in [0.15, 0.2) is 6.20 Å². The van der Waals surface area contributed by atoms with Gasteiger partial charge in [0.2, 0.25) is 23.6 Å². The van der Waals surface area contributed by atoms with Gasteiger partial charge in [-0.15, -0.1) is 5.10 Å². The summed E-state index contributed by atoms with van der Waals surface area (Å²) in [5.41, 5.74) is 0.526. The van der Waals surface area contributed by atoms with Crippen molar-refractivity contribution in [2.24, 2.45) is 5.92 Å². The van der Waals surface area contributed by atoms with Crippen LogP contribution in [0.25, 0.3) is 0 Å². The zero-order valence-corrected chi connectivity index (χ0v) is 24.6. The number of ether oxygens (including phenoxy) is 1. The first kappa shape index (κ1) is 32.0. The Bertz CT molecular complexity index is 1090. The van der Waals surface area contributed by atoms with Gasteiger partial charge in [-0.2, -0.15) is 0 Å². The molecule has 4 N–H and O–H groups in total. The number of hydrogen-bond donors (Lipinski definition) is 4. The van der Waals surface area contributed by atoms with Gasteiger partial charge in [0.25, 0.3) is 0 Å². The van der Waals surface area contributed by atoms with Gasteiger partial charge in [-0.25, -0.2) is 4.79 Å². The molecule has 14 nitrogen and oxygen atoms in total. The predicted molar refractivity (Wildman–Crippen MR) is 148 cm³/mol. The fourth-order valence-electron chi connectivity index (χ4n) is 5.11. The van der Waals surface area contributed by atoms with E-state index in [2.05, 4.69) is 31.6 Å². The first-order chi connectivity index (χ1) is 19.6. The molecule has 0 aromatic carbocycles. The van der Waals surface area contributed by atoms with Crippen LogP contribution in [0.3, 0.4) is 0 Å². The molecule has 4 amide bonds. The molecule has 1 fully saturated rings. The third-order valence-corrected chi connectivity index (χ3v) is 8.00. The van der Waals surface area contributed by atoms with Gasteiger partial charge in [0.05, 0.1) is 18.8 Å². The Morgan fingerprint density at radius 1 is 1.10 bits per heavy atom. The quantitative estimate of drug-likeness (QED) is 0.318. The van der Waals surface area contributed by atoms with Crippen LogP contribution in [0.2, 0.25) is 0 Å². The van der Waals surface area contributed by atoms with Gasteiger partial charge >= 0.3 is 5.97 Å². The van der Waals surface area contributed by atoms with E-state index in [9.17, 15) is 24.0 Å². The maximum absolute atomic E-state index is 13.8. The Kier molecular flexibility index (Phi) is 11.6. The van der Waals surface area contributed by atoms with Gasteiger partial charge in [-0.3, -0.25) is 23.9 Å². The number of fused-ring (bicyclic) bond motifs is 3. The lowest BCUT2D eigenvalue weighted by molar-refractivity contribution is -0.146. The normalized spacial score (nSPS) is 26.1. The average molecular weight is 577 g/mol. The number of carbonyl (C=O) groups excluding carboxylic acids is 5. The monoisotopic (exact) mass is 576 g/mol. The molecule has 0 aliphatic carbocycles. The summed E-state index contributed by atoms with van der Waals surface area (Å²) in [6, 6.07) is -4.07. The lowest BCUT2D eigenvalue weighted by atomic mass is 9.97. The minimum atomic E-state index is -0.954. The van der Waals surface area contributed by atoms with Gasteiger partial charge in [-0.05, 0) is 52.0 Å². The summed E-state index contributed by atoms with van der Waals surface area (Å²) in [7, 11) is 2.92. The summed E-state index contributed by atoms with van der Waals surface area (Å²) in [6.07, 6.45) is 5.03. The third kappa shape index (κ3) is 8.24.